The van der Waals surface area contributed by atoms with E-state index in [-0.39, 0.29) is 0 Å². The van der Waals surface area contributed by atoms with Gasteiger partial charge < -0.3 is 4.43 Å². The highest BCUT2D eigenvalue weighted by molar-refractivity contribution is 9.39. The van der Waals surface area contributed by atoms with Gasteiger partial charge in [0.15, 0.2) is 10.5 Å². The lowest BCUT2D eigenvalue weighted by Crippen LogP contribution is -2.47. The summed E-state index contributed by atoms with van der Waals surface area (Å²) in [5, 5.41) is 9.69. The summed E-state index contributed by atoms with van der Waals surface area (Å²) in [5.41, 5.74) is -0.320. The second-order valence-corrected chi connectivity index (χ2v) is 16.1. The molecule has 0 aliphatic heterocycles. The Hall–Kier alpha value is 0.327. The summed E-state index contributed by atoms with van der Waals surface area (Å²) in [6.45, 7) is 6.17. The van der Waals surface area contributed by atoms with Gasteiger partial charge in [-0.3, -0.25) is 0 Å². The Morgan fingerprint density at radius 2 is 1.61 bits per heavy atom. The van der Waals surface area contributed by atoms with Crippen LogP contribution in [0.25, 0.3) is 0 Å². The zero-order valence-corrected chi connectivity index (χ0v) is 16.1. The second kappa shape index (κ2) is 5.76. The van der Waals surface area contributed by atoms with E-state index in [2.05, 4.69) is 73.5 Å². The van der Waals surface area contributed by atoms with Crippen LogP contribution in [0.3, 0.4) is 0 Å². The van der Waals surface area contributed by atoms with E-state index in [1.807, 2.05) is 30.3 Å². The van der Waals surface area contributed by atoms with Crippen LogP contribution in [0.5, 0.6) is 0 Å². The molecule has 0 saturated heterocycles. The molecule has 0 heterocycles. The minimum absolute atomic E-state index is 0.806. The summed E-state index contributed by atoms with van der Waals surface area (Å²) in [6, 6.07) is 11.8. The zero-order valence-electron chi connectivity index (χ0n) is 10.4. The van der Waals surface area contributed by atoms with Crippen molar-refractivity contribution in [3.8, 4) is 6.07 Å². The fourth-order valence-corrected chi connectivity index (χ4v) is 4.44. The summed E-state index contributed by atoms with van der Waals surface area (Å²) in [5.74, 6) is 0. The van der Waals surface area contributed by atoms with Gasteiger partial charge in [-0.2, -0.15) is 5.26 Å². The lowest BCUT2D eigenvalue weighted by Gasteiger charge is -2.39. The minimum Gasteiger partial charge on any atom is -0.394 e. The van der Waals surface area contributed by atoms with Crippen molar-refractivity contribution in [1.29, 1.82) is 5.26 Å². The van der Waals surface area contributed by atoms with Gasteiger partial charge in [-0.25, -0.2) is 0 Å². The fourth-order valence-electron chi connectivity index (χ4n) is 1.56. The minimum atomic E-state index is -1.92. The first-order chi connectivity index (χ1) is 8.12. The number of alkyl halides is 3. The first-order valence-corrected chi connectivity index (χ1v) is 11.1. The second-order valence-electron chi connectivity index (χ2n) is 4.87. The number of nitrogens with zero attached hydrogens (tertiary/aromatic N) is 1. The van der Waals surface area contributed by atoms with E-state index < -0.39 is 16.1 Å². The zero-order chi connectivity index (χ0) is 14.0. The lowest BCUT2D eigenvalue weighted by atomic mass is 9.98. The number of benzene rings is 1. The lowest BCUT2D eigenvalue weighted by molar-refractivity contribution is 0.135. The van der Waals surface area contributed by atoms with E-state index in [0.29, 0.717) is 0 Å². The molecular weight excluding hydrogens is 442 g/mol. The smallest absolute Gasteiger partial charge is 0.205 e. The molecule has 1 rings (SSSR count). The Bertz CT molecular complexity index is 447. The molecule has 0 fully saturated rings. The van der Waals surface area contributed by atoms with Gasteiger partial charge in [0, 0.05) is 5.56 Å². The molecule has 0 aliphatic carbocycles. The van der Waals surface area contributed by atoms with E-state index in [4.69, 9.17) is 4.43 Å². The highest BCUT2D eigenvalue weighted by Gasteiger charge is 2.52. The van der Waals surface area contributed by atoms with Gasteiger partial charge in [0.05, 0.1) is 0 Å². The van der Waals surface area contributed by atoms with Gasteiger partial charge in [-0.15, -0.1) is 0 Å². The number of hydrogen-bond donors (Lipinski definition) is 0. The van der Waals surface area contributed by atoms with Gasteiger partial charge in [-0.05, 0) is 19.6 Å². The van der Waals surface area contributed by atoms with Gasteiger partial charge >= 0.3 is 0 Å². The molecule has 0 spiro atoms. The summed E-state index contributed by atoms with van der Waals surface area (Å²) in [7, 11) is -1.92. The molecule has 1 aromatic carbocycles. The number of halogens is 3. The van der Waals surface area contributed by atoms with E-state index in [1.165, 1.54) is 0 Å². The van der Waals surface area contributed by atoms with Crippen molar-refractivity contribution in [3.05, 3.63) is 35.9 Å². The third-order valence-electron chi connectivity index (χ3n) is 2.20. The highest BCUT2D eigenvalue weighted by Crippen LogP contribution is 2.52. The van der Waals surface area contributed by atoms with Crippen molar-refractivity contribution in [3.63, 3.8) is 0 Å². The Morgan fingerprint density at radius 1 is 1.11 bits per heavy atom. The van der Waals surface area contributed by atoms with Crippen molar-refractivity contribution in [1.82, 2.24) is 0 Å². The molecule has 6 heteroatoms. The molecular formula is C12H14Br3NOSi. The van der Waals surface area contributed by atoms with Crippen LogP contribution in [0, 0.1) is 11.3 Å². The monoisotopic (exact) mass is 453 g/mol. The van der Waals surface area contributed by atoms with E-state index >= 15 is 0 Å². The predicted octanol–water partition coefficient (Wildman–Crippen LogP) is 5.10. The van der Waals surface area contributed by atoms with Crippen LogP contribution < -0.4 is 0 Å². The quantitative estimate of drug-likeness (QED) is 0.469. The largest absolute Gasteiger partial charge is 0.394 e. The molecule has 1 atom stereocenters. The van der Waals surface area contributed by atoms with Crippen molar-refractivity contribution in [2.75, 3.05) is 0 Å². The van der Waals surface area contributed by atoms with Crippen LogP contribution in [0.2, 0.25) is 19.6 Å². The van der Waals surface area contributed by atoms with E-state index in [9.17, 15) is 5.26 Å². The maximum Gasteiger partial charge on any atom is 0.205 e. The van der Waals surface area contributed by atoms with Gasteiger partial charge in [0.2, 0.25) is 5.60 Å². The van der Waals surface area contributed by atoms with Gasteiger partial charge in [0.1, 0.15) is 6.07 Å². The van der Waals surface area contributed by atoms with Crippen LogP contribution in [-0.2, 0) is 10.0 Å². The van der Waals surface area contributed by atoms with Gasteiger partial charge in [0.25, 0.3) is 0 Å². The molecule has 0 aliphatic rings. The molecule has 1 unspecified atom stereocenters. The fraction of sp³-hybridized carbons (Fsp3) is 0.417. The summed E-state index contributed by atoms with van der Waals surface area (Å²) in [4.78, 5) is 0. The topological polar surface area (TPSA) is 33.0 Å². The average Bonchev–Trinajstić information content (AvgIpc) is 2.24. The summed E-state index contributed by atoms with van der Waals surface area (Å²) in [6.07, 6.45) is 0. The molecule has 2 nitrogen and oxygen atoms in total. The van der Waals surface area contributed by atoms with Crippen LogP contribution in [0.1, 0.15) is 5.56 Å². The van der Waals surface area contributed by atoms with Crippen LogP contribution in [0.15, 0.2) is 30.3 Å². The maximum atomic E-state index is 9.69. The Kier molecular flexibility index (Phi) is 5.24. The highest BCUT2D eigenvalue weighted by atomic mass is 80.0. The third kappa shape index (κ3) is 3.67. The average molecular weight is 456 g/mol. The Morgan fingerprint density at radius 3 is 1.94 bits per heavy atom. The number of rotatable bonds is 3. The van der Waals surface area contributed by atoms with Crippen molar-refractivity contribution in [2.45, 2.75) is 27.4 Å². The number of hydrogen-bond acceptors (Lipinski definition) is 2. The molecule has 18 heavy (non-hydrogen) atoms. The Labute approximate surface area is 134 Å². The van der Waals surface area contributed by atoms with Crippen LogP contribution in [-0.4, -0.2) is 10.5 Å². The maximum absolute atomic E-state index is 9.69. The van der Waals surface area contributed by atoms with E-state index in [1.54, 1.807) is 0 Å². The van der Waals surface area contributed by atoms with Crippen molar-refractivity contribution < 1.29 is 4.43 Å². The first-order valence-electron chi connectivity index (χ1n) is 5.36. The molecule has 0 aromatic heterocycles. The third-order valence-corrected chi connectivity index (χ3v) is 4.79. The standard InChI is InChI=1S/C12H14Br3NOSi/c1-18(2,3)17-11(9-16,12(13,14)15)10-7-5-4-6-8-10/h4-8H,1-3H3. The first kappa shape index (κ1) is 16.4. The van der Waals surface area contributed by atoms with E-state index in [0.717, 1.165) is 5.56 Å². The SMILES string of the molecule is C[Si](C)(C)OC(C#N)(c1ccccc1)C(Br)(Br)Br. The summed E-state index contributed by atoms with van der Waals surface area (Å²) >= 11 is 10.4. The Balaban J connectivity index is 3.39. The normalized spacial score (nSPS) is 15.8. The number of nitriles is 1. The van der Waals surface area contributed by atoms with Crippen LogP contribution >= 0.6 is 47.8 Å². The van der Waals surface area contributed by atoms with Gasteiger partial charge in [-0.1, -0.05) is 78.1 Å². The molecule has 0 saturated carbocycles. The molecule has 0 N–H and O–H groups in total. The molecule has 1 aromatic rings. The predicted molar refractivity (Wildman–Crippen MR) is 87.7 cm³/mol. The molecule has 98 valence electrons. The summed E-state index contributed by atoms with van der Waals surface area (Å²) < 4.78 is 5.33. The van der Waals surface area contributed by atoms with Crippen LogP contribution in [0.4, 0.5) is 0 Å². The van der Waals surface area contributed by atoms with Crippen molar-refractivity contribution >= 4 is 56.1 Å². The molecule has 0 bridgehead atoms. The molecule has 0 amide bonds. The molecule has 0 radical (unpaired) electrons. The van der Waals surface area contributed by atoms with Crippen molar-refractivity contribution in [2.24, 2.45) is 0 Å².